The van der Waals surface area contributed by atoms with Gasteiger partial charge in [0.2, 0.25) is 5.91 Å². The molecule has 1 saturated heterocycles. The average Bonchev–Trinajstić information content (AvgIpc) is 3.34. The minimum atomic E-state index is -0.937. The standard InChI is InChI=1S/C26H28F2N4O2S/c1-2-12-32(20-10-13-31(14-11-20)25(34)18-6-4-3-5-7-18)16-24(33)30-26-29-23(17-35-26)19-8-9-21(27)22(28)15-19/h3-9,15,17,20H,2,10-14,16H2,1H3,(H,29,30,33). The van der Waals surface area contributed by atoms with Gasteiger partial charge in [-0.05, 0) is 56.1 Å². The van der Waals surface area contributed by atoms with Crippen LogP contribution in [0.5, 0.6) is 0 Å². The molecule has 0 atom stereocenters. The lowest BCUT2D eigenvalue weighted by molar-refractivity contribution is -0.118. The van der Waals surface area contributed by atoms with Crippen LogP contribution in [0.3, 0.4) is 0 Å². The van der Waals surface area contributed by atoms with Crippen molar-refractivity contribution in [2.75, 3.05) is 31.5 Å². The summed E-state index contributed by atoms with van der Waals surface area (Å²) in [5, 5.41) is 4.94. The predicted molar refractivity (Wildman–Crippen MR) is 133 cm³/mol. The third-order valence-electron chi connectivity index (χ3n) is 6.11. The SMILES string of the molecule is CCCN(CC(=O)Nc1nc(-c2ccc(F)c(F)c2)cs1)C1CCN(C(=O)c2ccccc2)CC1. The average molecular weight is 499 g/mol. The van der Waals surface area contributed by atoms with Crippen molar-refractivity contribution in [2.45, 2.75) is 32.2 Å². The topological polar surface area (TPSA) is 65.5 Å². The van der Waals surface area contributed by atoms with Gasteiger partial charge in [0.25, 0.3) is 5.91 Å². The molecule has 1 aromatic heterocycles. The molecule has 0 aliphatic carbocycles. The van der Waals surface area contributed by atoms with E-state index in [4.69, 9.17) is 0 Å². The Morgan fingerprint density at radius 3 is 2.54 bits per heavy atom. The number of carbonyl (C=O) groups is 2. The molecule has 2 amide bonds. The molecule has 3 aromatic rings. The summed E-state index contributed by atoms with van der Waals surface area (Å²) in [6.45, 7) is 4.40. The van der Waals surface area contributed by atoms with Crippen molar-refractivity contribution >= 4 is 28.3 Å². The Morgan fingerprint density at radius 2 is 1.86 bits per heavy atom. The summed E-state index contributed by atoms with van der Waals surface area (Å²) in [4.78, 5) is 33.9. The van der Waals surface area contributed by atoms with E-state index in [1.807, 2.05) is 35.2 Å². The number of halogens is 2. The quantitative estimate of drug-likeness (QED) is 0.472. The van der Waals surface area contributed by atoms with Crippen LogP contribution in [0.1, 0.15) is 36.5 Å². The molecule has 35 heavy (non-hydrogen) atoms. The number of benzene rings is 2. The molecule has 0 unspecified atom stereocenters. The number of rotatable bonds is 8. The van der Waals surface area contributed by atoms with E-state index in [2.05, 4.69) is 22.1 Å². The molecule has 0 spiro atoms. The van der Waals surface area contributed by atoms with Gasteiger partial charge in [-0.2, -0.15) is 0 Å². The zero-order valence-corrected chi connectivity index (χ0v) is 20.4. The molecule has 1 fully saturated rings. The van der Waals surface area contributed by atoms with E-state index >= 15 is 0 Å². The van der Waals surface area contributed by atoms with Crippen LogP contribution in [0.15, 0.2) is 53.9 Å². The largest absolute Gasteiger partial charge is 0.339 e. The van der Waals surface area contributed by atoms with Gasteiger partial charge < -0.3 is 10.2 Å². The van der Waals surface area contributed by atoms with Crippen molar-refractivity contribution < 1.29 is 18.4 Å². The Labute approximate surface area is 207 Å². The Hall–Kier alpha value is -3.17. The fraction of sp³-hybridized carbons (Fsp3) is 0.346. The monoisotopic (exact) mass is 498 g/mol. The van der Waals surface area contributed by atoms with Gasteiger partial charge in [-0.1, -0.05) is 25.1 Å². The highest BCUT2D eigenvalue weighted by atomic mass is 32.1. The van der Waals surface area contributed by atoms with E-state index in [9.17, 15) is 18.4 Å². The zero-order chi connectivity index (χ0) is 24.8. The van der Waals surface area contributed by atoms with Gasteiger partial charge in [0.05, 0.1) is 12.2 Å². The number of aromatic nitrogens is 1. The Morgan fingerprint density at radius 1 is 1.11 bits per heavy atom. The Balaban J connectivity index is 1.32. The van der Waals surface area contributed by atoms with Gasteiger partial charge in [0, 0.05) is 35.6 Å². The summed E-state index contributed by atoms with van der Waals surface area (Å²) in [7, 11) is 0. The van der Waals surface area contributed by atoms with Crippen LogP contribution < -0.4 is 5.32 Å². The number of piperidine rings is 1. The van der Waals surface area contributed by atoms with Crippen molar-refractivity contribution in [3.05, 3.63) is 71.1 Å². The molecule has 1 aliphatic rings. The van der Waals surface area contributed by atoms with Gasteiger partial charge in [-0.3, -0.25) is 14.5 Å². The van der Waals surface area contributed by atoms with Crippen LogP contribution in [0, 0.1) is 11.6 Å². The smallest absolute Gasteiger partial charge is 0.253 e. The first-order valence-corrected chi connectivity index (χ1v) is 12.6. The molecule has 0 radical (unpaired) electrons. The van der Waals surface area contributed by atoms with Gasteiger partial charge >= 0.3 is 0 Å². The molecular weight excluding hydrogens is 470 g/mol. The van der Waals surface area contributed by atoms with Crippen LogP contribution in [-0.4, -0.2) is 58.8 Å². The van der Waals surface area contributed by atoms with E-state index in [-0.39, 0.29) is 24.4 Å². The molecular formula is C26H28F2N4O2S. The van der Waals surface area contributed by atoms with Crippen molar-refractivity contribution in [3.63, 3.8) is 0 Å². The summed E-state index contributed by atoms with van der Waals surface area (Å²) >= 11 is 1.24. The number of likely N-dealkylation sites (tertiary alicyclic amines) is 1. The lowest BCUT2D eigenvalue weighted by Gasteiger charge is -2.38. The lowest BCUT2D eigenvalue weighted by atomic mass is 10.0. The van der Waals surface area contributed by atoms with Crippen molar-refractivity contribution in [3.8, 4) is 11.3 Å². The van der Waals surface area contributed by atoms with Crippen molar-refractivity contribution in [1.29, 1.82) is 0 Å². The van der Waals surface area contributed by atoms with Crippen LogP contribution >= 0.6 is 11.3 Å². The van der Waals surface area contributed by atoms with Crippen molar-refractivity contribution in [1.82, 2.24) is 14.8 Å². The summed E-state index contributed by atoms with van der Waals surface area (Å²) < 4.78 is 26.7. The number of carbonyl (C=O) groups excluding carboxylic acids is 2. The van der Waals surface area contributed by atoms with E-state index < -0.39 is 11.6 Å². The Kier molecular flexibility index (Phi) is 8.20. The molecule has 184 valence electrons. The zero-order valence-electron chi connectivity index (χ0n) is 19.5. The molecule has 1 aliphatic heterocycles. The first-order valence-electron chi connectivity index (χ1n) is 11.7. The second kappa shape index (κ2) is 11.5. The molecule has 4 rings (SSSR count). The number of anilines is 1. The molecule has 0 bridgehead atoms. The highest BCUT2D eigenvalue weighted by molar-refractivity contribution is 7.14. The second-order valence-electron chi connectivity index (χ2n) is 8.57. The Bertz CT molecular complexity index is 1160. The second-order valence-corrected chi connectivity index (χ2v) is 9.43. The predicted octanol–water partition coefficient (Wildman–Crippen LogP) is 5.04. The number of nitrogens with zero attached hydrogens (tertiary/aromatic N) is 3. The van der Waals surface area contributed by atoms with E-state index in [1.54, 1.807) is 5.38 Å². The van der Waals surface area contributed by atoms with Gasteiger partial charge in [0.1, 0.15) is 0 Å². The molecule has 2 heterocycles. The van der Waals surface area contributed by atoms with Gasteiger partial charge in [-0.15, -0.1) is 11.3 Å². The minimum absolute atomic E-state index is 0.0458. The maximum Gasteiger partial charge on any atom is 0.253 e. The van der Waals surface area contributed by atoms with E-state index in [0.29, 0.717) is 35.0 Å². The number of amides is 2. The van der Waals surface area contributed by atoms with Crippen LogP contribution in [0.4, 0.5) is 13.9 Å². The summed E-state index contributed by atoms with van der Waals surface area (Å²) in [6, 6.07) is 13.1. The molecule has 2 aromatic carbocycles. The fourth-order valence-corrected chi connectivity index (χ4v) is 5.07. The van der Waals surface area contributed by atoms with Gasteiger partial charge in [-0.25, -0.2) is 13.8 Å². The first-order chi connectivity index (χ1) is 16.9. The normalized spacial score (nSPS) is 14.3. The maximum atomic E-state index is 13.5. The van der Waals surface area contributed by atoms with Crippen LogP contribution in [0.2, 0.25) is 0 Å². The molecule has 1 N–H and O–H groups in total. The molecule has 0 saturated carbocycles. The van der Waals surface area contributed by atoms with E-state index in [1.165, 1.54) is 17.4 Å². The summed E-state index contributed by atoms with van der Waals surface area (Å²) in [5.74, 6) is -1.98. The lowest BCUT2D eigenvalue weighted by Crippen LogP contribution is -2.49. The minimum Gasteiger partial charge on any atom is -0.339 e. The summed E-state index contributed by atoms with van der Waals surface area (Å²) in [5.41, 5.74) is 1.62. The third kappa shape index (κ3) is 6.29. The van der Waals surface area contributed by atoms with E-state index in [0.717, 1.165) is 37.9 Å². The fourth-order valence-electron chi connectivity index (χ4n) is 4.34. The third-order valence-corrected chi connectivity index (χ3v) is 6.87. The first kappa shape index (κ1) is 24.9. The van der Waals surface area contributed by atoms with Crippen LogP contribution in [0.25, 0.3) is 11.3 Å². The number of thiazole rings is 1. The summed E-state index contributed by atoms with van der Waals surface area (Å²) in [6.07, 6.45) is 2.53. The van der Waals surface area contributed by atoms with Crippen molar-refractivity contribution in [2.24, 2.45) is 0 Å². The highest BCUT2D eigenvalue weighted by Crippen LogP contribution is 2.26. The van der Waals surface area contributed by atoms with Crippen LogP contribution in [-0.2, 0) is 4.79 Å². The molecule has 9 heteroatoms. The maximum absolute atomic E-state index is 13.5. The highest BCUT2D eigenvalue weighted by Gasteiger charge is 2.28. The number of hydrogen-bond donors (Lipinski definition) is 1. The number of nitrogens with one attached hydrogen (secondary N) is 1. The number of hydrogen-bond acceptors (Lipinski definition) is 5. The van der Waals surface area contributed by atoms with Gasteiger partial charge in [0.15, 0.2) is 16.8 Å². The molecule has 6 nitrogen and oxygen atoms in total.